The highest BCUT2D eigenvalue weighted by Crippen LogP contribution is 2.30. The number of H-pyrrole nitrogens is 1. The molecule has 4 rings (SSSR count). The van der Waals surface area contributed by atoms with Gasteiger partial charge in [0.1, 0.15) is 0 Å². The average Bonchev–Trinajstić information content (AvgIpc) is 3.25. The summed E-state index contributed by atoms with van der Waals surface area (Å²) in [6.45, 7) is 6.45. The standard InChI is InChI=1S/C22H27N5O3S/c1-16-14-17(2)20(31(29,30)27-10-8-26(9-11-27)12-13-28)15-19(16)22-23-21(24-25-22)18-6-4-3-5-7-18/h3-7,14-15,28H,8-13H2,1-2H3,(H,23,24,25). The number of aromatic nitrogens is 3. The van der Waals surface area contributed by atoms with Crippen molar-refractivity contribution in [3.05, 3.63) is 53.6 Å². The first-order valence-corrected chi connectivity index (χ1v) is 11.8. The van der Waals surface area contributed by atoms with Gasteiger partial charge in [0.25, 0.3) is 0 Å². The van der Waals surface area contributed by atoms with Crippen molar-refractivity contribution in [3.8, 4) is 22.8 Å². The van der Waals surface area contributed by atoms with Crippen LogP contribution >= 0.6 is 0 Å². The van der Waals surface area contributed by atoms with E-state index in [0.717, 1.165) is 16.7 Å². The number of aromatic amines is 1. The molecular formula is C22H27N5O3S. The number of piperazine rings is 1. The first-order chi connectivity index (χ1) is 14.9. The van der Waals surface area contributed by atoms with E-state index >= 15 is 0 Å². The molecule has 0 unspecified atom stereocenters. The summed E-state index contributed by atoms with van der Waals surface area (Å²) in [7, 11) is -3.64. The topological polar surface area (TPSA) is 102 Å². The van der Waals surface area contributed by atoms with E-state index in [1.54, 1.807) is 6.07 Å². The van der Waals surface area contributed by atoms with Crippen LogP contribution in [0.2, 0.25) is 0 Å². The van der Waals surface area contributed by atoms with E-state index in [1.165, 1.54) is 4.31 Å². The van der Waals surface area contributed by atoms with E-state index in [0.29, 0.717) is 54.8 Å². The fourth-order valence-corrected chi connectivity index (χ4v) is 5.60. The molecule has 1 aliphatic heterocycles. The van der Waals surface area contributed by atoms with Crippen molar-refractivity contribution in [2.45, 2.75) is 18.7 Å². The molecule has 0 spiro atoms. The van der Waals surface area contributed by atoms with Crippen LogP contribution in [0.3, 0.4) is 0 Å². The fourth-order valence-electron chi connectivity index (χ4n) is 3.95. The maximum Gasteiger partial charge on any atom is 0.243 e. The number of benzene rings is 2. The lowest BCUT2D eigenvalue weighted by molar-refractivity contribution is 0.151. The maximum atomic E-state index is 13.4. The summed E-state index contributed by atoms with van der Waals surface area (Å²) >= 11 is 0. The Kier molecular flexibility index (Phi) is 6.19. The smallest absolute Gasteiger partial charge is 0.243 e. The third-order valence-corrected chi connectivity index (χ3v) is 7.72. The average molecular weight is 442 g/mol. The summed E-state index contributed by atoms with van der Waals surface area (Å²) < 4.78 is 28.3. The predicted molar refractivity (Wildman–Crippen MR) is 119 cm³/mol. The molecule has 0 atom stereocenters. The molecule has 0 bridgehead atoms. The van der Waals surface area contributed by atoms with E-state index < -0.39 is 10.0 Å². The molecular weight excluding hydrogens is 414 g/mol. The van der Waals surface area contributed by atoms with Crippen molar-refractivity contribution in [2.75, 3.05) is 39.3 Å². The van der Waals surface area contributed by atoms with Crippen LogP contribution in [0.5, 0.6) is 0 Å². The van der Waals surface area contributed by atoms with E-state index in [4.69, 9.17) is 5.11 Å². The molecule has 2 heterocycles. The Hall–Kier alpha value is -2.59. The SMILES string of the molecule is Cc1cc(C)c(S(=O)(=O)N2CCN(CCO)CC2)cc1-c1nnc(-c2ccccc2)[nH]1. The largest absolute Gasteiger partial charge is 0.395 e. The van der Waals surface area contributed by atoms with Crippen LogP contribution in [0.25, 0.3) is 22.8 Å². The number of nitrogens with one attached hydrogen (secondary N) is 1. The van der Waals surface area contributed by atoms with Gasteiger partial charge in [-0.25, -0.2) is 8.42 Å². The number of nitrogens with zero attached hydrogens (tertiary/aromatic N) is 4. The van der Waals surface area contributed by atoms with Gasteiger partial charge in [0.05, 0.1) is 11.5 Å². The Morgan fingerprint density at radius 1 is 0.968 bits per heavy atom. The molecule has 3 aromatic rings. The van der Waals surface area contributed by atoms with Gasteiger partial charge in [-0.3, -0.25) is 4.90 Å². The van der Waals surface area contributed by atoms with E-state index in [2.05, 4.69) is 20.1 Å². The number of sulfonamides is 1. The van der Waals surface area contributed by atoms with Crippen molar-refractivity contribution in [2.24, 2.45) is 0 Å². The number of aliphatic hydroxyl groups excluding tert-OH is 1. The van der Waals surface area contributed by atoms with Crippen LogP contribution in [0, 0.1) is 13.8 Å². The summed E-state index contributed by atoms with van der Waals surface area (Å²) in [5.74, 6) is 1.18. The third kappa shape index (κ3) is 4.40. The van der Waals surface area contributed by atoms with Crippen molar-refractivity contribution in [1.82, 2.24) is 24.4 Å². The summed E-state index contributed by atoms with van der Waals surface area (Å²) in [6, 6.07) is 13.3. The number of β-amino-alcohol motifs (C(OH)–C–C–N with tert-alkyl or cyclic N) is 1. The summed E-state index contributed by atoms with van der Waals surface area (Å²) in [5, 5.41) is 17.6. The molecule has 31 heavy (non-hydrogen) atoms. The van der Waals surface area contributed by atoms with Gasteiger partial charge in [-0.15, -0.1) is 10.2 Å². The molecule has 0 radical (unpaired) electrons. The van der Waals surface area contributed by atoms with Gasteiger partial charge < -0.3 is 10.1 Å². The van der Waals surface area contributed by atoms with Crippen LogP contribution < -0.4 is 0 Å². The second-order valence-electron chi connectivity index (χ2n) is 7.79. The van der Waals surface area contributed by atoms with Crippen LogP contribution in [0.4, 0.5) is 0 Å². The Morgan fingerprint density at radius 3 is 2.32 bits per heavy atom. The lowest BCUT2D eigenvalue weighted by atomic mass is 10.1. The molecule has 0 amide bonds. The monoisotopic (exact) mass is 441 g/mol. The first kappa shape index (κ1) is 21.6. The highest BCUT2D eigenvalue weighted by atomic mass is 32.2. The minimum atomic E-state index is -3.64. The minimum Gasteiger partial charge on any atom is -0.395 e. The van der Waals surface area contributed by atoms with Gasteiger partial charge in [0.2, 0.25) is 10.0 Å². The molecule has 0 aliphatic carbocycles. The van der Waals surface area contributed by atoms with Gasteiger partial charge in [-0.2, -0.15) is 4.31 Å². The summed E-state index contributed by atoms with van der Waals surface area (Å²) in [6.07, 6.45) is 0. The third-order valence-electron chi connectivity index (χ3n) is 5.68. The Balaban J connectivity index is 1.65. The lowest BCUT2D eigenvalue weighted by Gasteiger charge is -2.33. The Morgan fingerprint density at radius 2 is 1.65 bits per heavy atom. The number of aliphatic hydroxyl groups is 1. The number of hydrogen-bond acceptors (Lipinski definition) is 6. The molecule has 8 nitrogen and oxygen atoms in total. The van der Waals surface area contributed by atoms with Gasteiger partial charge in [0, 0.05) is 43.9 Å². The summed E-state index contributed by atoms with van der Waals surface area (Å²) in [4.78, 5) is 5.58. The highest BCUT2D eigenvalue weighted by molar-refractivity contribution is 7.89. The van der Waals surface area contributed by atoms with Gasteiger partial charge in [-0.1, -0.05) is 36.4 Å². The van der Waals surface area contributed by atoms with Crippen molar-refractivity contribution in [1.29, 1.82) is 0 Å². The van der Waals surface area contributed by atoms with Gasteiger partial charge in [-0.05, 0) is 31.0 Å². The quantitative estimate of drug-likeness (QED) is 0.607. The molecule has 0 saturated carbocycles. The zero-order valence-corrected chi connectivity index (χ0v) is 18.6. The van der Waals surface area contributed by atoms with Gasteiger partial charge >= 0.3 is 0 Å². The van der Waals surface area contributed by atoms with E-state index in [9.17, 15) is 8.42 Å². The van der Waals surface area contributed by atoms with Crippen LogP contribution in [0.15, 0.2) is 47.4 Å². The van der Waals surface area contributed by atoms with E-state index in [-0.39, 0.29) is 6.61 Å². The zero-order chi connectivity index (χ0) is 22.0. The molecule has 9 heteroatoms. The Labute approximate surface area is 182 Å². The molecule has 1 fully saturated rings. The minimum absolute atomic E-state index is 0.0787. The summed E-state index contributed by atoms with van der Waals surface area (Å²) in [5.41, 5.74) is 3.28. The molecule has 164 valence electrons. The van der Waals surface area contributed by atoms with Crippen LogP contribution in [-0.2, 0) is 10.0 Å². The first-order valence-electron chi connectivity index (χ1n) is 10.3. The number of rotatable bonds is 6. The lowest BCUT2D eigenvalue weighted by Crippen LogP contribution is -2.49. The number of hydrogen-bond donors (Lipinski definition) is 2. The van der Waals surface area contributed by atoms with Crippen molar-refractivity contribution < 1.29 is 13.5 Å². The van der Waals surface area contributed by atoms with Crippen LogP contribution in [0.1, 0.15) is 11.1 Å². The second-order valence-corrected chi connectivity index (χ2v) is 9.70. The molecule has 1 aliphatic rings. The normalized spacial score (nSPS) is 16.0. The molecule has 1 saturated heterocycles. The zero-order valence-electron chi connectivity index (χ0n) is 17.7. The van der Waals surface area contributed by atoms with Gasteiger partial charge in [0.15, 0.2) is 11.6 Å². The number of aryl methyl sites for hydroxylation is 2. The predicted octanol–water partition coefficient (Wildman–Crippen LogP) is 2.05. The van der Waals surface area contributed by atoms with Crippen molar-refractivity contribution in [3.63, 3.8) is 0 Å². The molecule has 1 aromatic heterocycles. The Bertz CT molecular complexity index is 1150. The van der Waals surface area contributed by atoms with Crippen LogP contribution in [-0.4, -0.2) is 77.2 Å². The van der Waals surface area contributed by atoms with Crippen molar-refractivity contribution >= 4 is 10.0 Å². The molecule has 2 N–H and O–H groups in total. The fraction of sp³-hybridized carbons (Fsp3) is 0.364. The maximum absolute atomic E-state index is 13.4. The highest BCUT2D eigenvalue weighted by Gasteiger charge is 2.30. The van der Waals surface area contributed by atoms with E-state index in [1.807, 2.05) is 50.2 Å². The second kappa shape index (κ2) is 8.88. The molecule has 2 aromatic carbocycles.